The molecule has 90 valence electrons. The van der Waals surface area contributed by atoms with Crippen molar-refractivity contribution in [3.63, 3.8) is 0 Å². The molecule has 0 saturated heterocycles. The van der Waals surface area contributed by atoms with E-state index in [1.165, 1.54) is 5.56 Å². The smallest absolute Gasteiger partial charge is 0.123 e. The van der Waals surface area contributed by atoms with Gasteiger partial charge >= 0.3 is 0 Å². The highest BCUT2D eigenvalue weighted by atomic mass is 127. The SMILES string of the molecule is COc1ccccc1CN(C)CCCNI. The number of para-hydroxylation sites is 1. The van der Waals surface area contributed by atoms with Crippen molar-refractivity contribution in [3.8, 4) is 5.75 Å². The van der Waals surface area contributed by atoms with Crippen LogP contribution in [0.25, 0.3) is 0 Å². The first-order valence-corrected chi connectivity index (χ1v) is 6.49. The van der Waals surface area contributed by atoms with Crippen LogP contribution >= 0.6 is 22.9 Å². The lowest BCUT2D eigenvalue weighted by Crippen LogP contribution is -2.21. The van der Waals surface area contributed by atoms with Gasteiger partial charge in [-0.3, -0.25) is 3.53 Å². The summed E-state index contributed by atoms with van der Waals surface area (Å²) in [5.74, 6) is 0.973. The number of halogens is 1. The number of nitrogens with one attached hydrogen (secondary N) is 1. The minimum atomic E-state index is 0.936. The maximum Gasteiger partial charge on any atom is 0.123 e. The summed E-state index contributed by atoms with van der Waals surface area (Å²) in [6, 6.07) is 8.18. The van der Waals surface area contributed by atoms with E-state index in [-0.39, 0.29) is 0 Å². The zero-order valence-corrected chi connectivity index (χ0v) is 12.0. The summed E-state index contributed by atoms with van der Waals surface area (Å²) in [6.45, 7) is 3.08. The van der Waals surface area contributed by atoms with E-state index in [9.17, 15) is 0 Å². The third-order valence-corrected chi connectivity index (χ3v) is 2.98. The Balaban J connectivity index is 2.45. The van der Waals surface area contributed by atoms with Gasteiger partial charge < -0.3 is 9.64 Å². The second kappa shape index (κ2) is 7.86. The Kier molecular flexibility index (Phi) is 6.75. The van der Waals surface area contributed by atoms with E-state index in [1.54, 1.807) is 7.11 Å². The van der Waals surface area contributed by atoms with E-state index < -0.39 is 0 Å². The van der Waals surface area contributed by atoms with Gasteiger partial charge in [-0.1, -0.05) is 18.2 Å². The quantitative estimate of drug-likeness (QED) is 0.471. The molecule has 0 aliphatic heterocycles. The van der Waals surface area contributed by atoms with Crippen molar-refractivity contribution < 1.29 is 4.74 Å². The molecule has 0 radical (unpaired) electrons. The van der Waals surface area contributed by atoms with Crippen LogP contribution in [0.2, 0.25) is 0 Å². The van der Waals surface area contributed by atoms with Gasteiger partial charge in [0.25, 0.3) is 0 Å². The Bertz CT molecular complexity index is 307. The molecule has 0 aromatic heterocycles. The minimum absolute atomic E-state index is 0.936. The topological polar surface area (TPSA) is 24.5 Å². The highest BCUT2D eigenvalue weighted by molar-refractivity contribution is 14.1. The van der Waals surface area contributed by atoms with E-state index in [4.69, 9.17) is 4.74 Å². The first-order chi connectivity index (χ1) is 7.77. The Morgan fingerprint density at radius 2 is 2.12 bits per heavy atom. The Labute approximate surface area is 112 Å². The van der Waals surface area contributed by atoms with Crippen LogP contribution in [0, 0.1) is 0 Å². The summed E-state index contributed by atoms with van der Waals surface area (Å²) < 4.78 is 8.46. The lowest BCUT2D eigenvalue weighted by molar-refractivity contribution is 0.314. The van der Waals surface area contributed by atoms with Crippen molar-refractivity contribution >= 4 is 22.9 Å². The molecule has 1 rings (SSSR count). The summed E-state index contributed by atoms with van der Waals surface area (Å²) in [5.41, 5.74) is 1.25. The first kappa shape index (κ1) is 13.7. The molecule has 0 saturated carbocycles. The molecule has 0 unspecified atom stereocenters. The average molecular weight is 334 g/mol. The van der Waals surface area contributed by atoms with Crippen LogP contribution in [0.4, 0.5) is 0 Å². The average Bonchev–Trinajstić information content (AvgIpc) is 2.30. The first-order valence-electron chi connectivity index (χ1n) is 5.42. The van der Waals surface area contributed by atoms with Gasteiger partial charge in [0, 0.05) is 41.5 Å². The molecule has 0 spiro atoms. The fourth-order valence-corrected chi connectivity index (χ4v) is 2.00. The molecule has 0 heterocycles. The molecule has 0 amide bonds. The highest BCUT2D eigenvalue weighted by Crippen LogP contribution is 2.18. The molecule has 0 bridgehead atoms. The van der Waals surface area contributed by atoms with Crippen LogP contribution in [0.3, 0.4) is 0 Å². The number of ether oxygens (including phenoxy) is 1. The number of benzene rings is 1. The van der Waals surface area contributed by atoms with Crippen LogP contribution in [0.15, 0.2) is 24.3 Å². The zero-order chi connectivity index (χ0) is 11.8. The second-order valence-corrected chi connectivity index (χ2v) is 4.55. The van der Waals surface area contributed by atoms with Crippen molar-refractivity contribution in [3.05, 3.63) is 29.8 Å². The third kappa shape index (κ3) is 4.67. The molecular formula is C12H19IN2O. The van der Waals surface area contributed by atoms with Gasteiger partial charge in [-0.2, -0.15) is 0 Å². The number of methoxy groups -OCH3 is 1. The third-order valence-electron chi connectivity index (χ3n) is 2.44. The van der Waals surface area contributed by atoms with Gasteiger partial charge in [0.2, 0.25) is 0 Å². The fourth-order valence-electron chi connectivity index (χ4n) is 1.62. The van der Waals surface area contributed by atoms with Crippen molar-refractivity contribution in [1.29, 1.82) is 0 Å². The summed E-state index contributed by atoms with van der Waals surface area (Å²) in [7, 11) is 3.86. The molecule has 0 aliphatic carbocycles. The van der Waals surface area contributed by atoms with Gasteiger partial charge in [-0.05, 0) is 26.1 Å². The largest absolute Gasteiger partial charge is 0.496 e. The summed E-state index contributed by atoms with van der Waals surface area (Å²) in [4.78, 5) is 2.31. The van der Waals surface area contributed by atoms with E-state index in [0.717, 1.165) is 31.8 Å². The van der Waals surface area contributed by atoms with Crippen molar-refractivity contribution in [2.45, 2.75) is 13.0 Å². The van der Waals surface area contributed by atoms with Crippen molar-refractivity contribution in [1.82, 2.24) is 8.43 Å². The molecule has 3 nitrogen and oxygen atoms in total. The molecule has 0 aliphatic rings. The van der Waals surface area contributed by atoms with Crippen LogP contribution in [-0.4, -0.2) is 32.1 Å². The van der Waals surface area contributed by atoms with Gasteiger partial charge in [0.15, 0.2) is 0 Å². The van der Waals surface area contributed by atoms with Gasteiger partial charge in [-0.15, -0.1) is 0 Å². The van der Waals surface area contributed by atoms with Crippen LogP contribution < -0.4 is 8.27 Å². The lowest BCUT2D eigenvalue weighted by Gasteiger charge is -2.18. The molecule has 0 fully saturated rings. The Morgan fingerprint density at radius 3 is 2.81 bits per heavy atom. The standard InChI is InChI=1S/C12H19IN2O/c1-15(9-5-8-14-13)10-11-6-3-4-7-12(11)16-2/h3-4,6-7,14H,5,8-10H2,1-2H3. The minimum Gasteiger partial charge on any atom is -0.496 e. The Morgan fingerprint density at radius 1 is 1.38 bits per heavy atom. The van der Waals surface area contributed by atoms with Gasteiger partial charge in [-0.25, -0.2) is 0 Å². The molecule has 1 aromatic rings. The molecule has 1 N–H and O–H groups in total. The number of rotatable bonds is 7. The molecule has 1 aromatic carbocycles. The Hall–Kier alpha value is -0.330. The van der Waals surface area contributed by atoms with Crippen molar-refractivity contribution in [2.24, 2.45) is 0 Å². The van der Waals surface area contributed by atoms with Gasteiger partial charge in [0.1, 0.15) is 5.75 Å². The summed E-state index contributed by atoms with van der Waals surface area (Å²) in [5, 5.41) is 0. The summed E-state index contributed by atoms with van der Waals surface area (Å²) in [6.07, 6.45) is 1.16. The predicted molar refractivity (Wildman–Crippen MR) is 76.0 cm³/mol. The second-order valence-electron chi connectivity index (χ2n) is 3.79. The molecule has 0 atom stereocenters. The predicted octanol–water partition coefficient (Wildman–Crippen LogP) is 2.46. The van der Waals surface area contributed by atoms with E-state index in [0.29, 0.717) is 0 Å². The summed E-state index contributed by atoms with van der Waals surface area (Å²) >= 11 is 2.18. The number of hydrogen-bond donors (Lipinski definition) is 1. The molecule has 4 heteroatoms. The lowest BCUT2D eigenvalue weighted by atomic mass is 10.2. The van der Waals surface area contributed by atoms with E-state index >= 15 is 0 Å². The molecule has 16 heavy (non-hydrogen) atoms. The van der Waals surface area contributed by atoms with Gasteiger partial charge in [0.05, 0.1) is 7.11 Å². The number of nitrogens with zero attached hydrogens (tertiary/aromatic N) is 1. The highest BCUT2D eigenvalue weighted by Gasteiger charge is 2.04. The van der Waals surface area contributed by atoms with Crippen LogP contribution in [-0.2, 0) is 6.54 Å². The van der Waals surface area contributed by atoms with E-state index in [1.807, 2.05) is 12.1 Å². The molecular weight excluding hydrogens is 315 g/mol. The van der Waals surface area contributed by atoms with Crippen LogP contribution in [0.5, 0.6) is 5.75 Å². The monoisotopic (exact) mass is 334 g/mol. The fraction of sp³-hybridized carbons (Fsp3) is 0.500. The van der Waals surface area contributed by atoms with E-state index in [2.05, 4.69) is 50.5 Å². The maximum atomic E-state index is 5.33. The normalized spacial score (nSPS) is 10.8. The maximum absolute atomic E-state index is 5.33. The van der Waals surface area contributed by atoms with Crippen LogP contribution in [0.1, 0.15) is 12.0 Å². The van der Waals surface area contributed by atoms with Crippen molar-refractivity contribution in [2.75, 3.05) is 27.2 Å². The zero-order valence-electron chi connectivity index (χ0n) is 9.87. The number of hydrogen-bond acceptors (Lipinski definition) is 3.